The molecule has 1 heterocycles. The highest BCUT2D eigenvalue weighted by Crippen LogP contribution is 2.38. The van der Waals surface area contributed by atoms with Crippen LogP contribution in [0.2, 0.25) is 0 Å². The van der Waals surface area contributed by atoms with Crippen LogP contribution >= 0.6 is 12.2 Å². The van der Waals surface area contributed by atoms with E-state index in [0.717, 1.165) is 24.1 Å². The van der Waals surface area contributed by atoms with Gasteiger partial charge in [0.25, 0.3) is 0 Å². The van der Waals surface area contributed by atoms with Crippen LogP contribution in [0.3, 0.4) is 0 Å². The molecule has 0 fully saturated rings. The predicted octanol–water partition coefficient (Wildman–Crippen LogP) is 4.54. The Morgan fingerprint density at radius 3 is 2.36 bits per heavy atom. The smallest absolute Gasteiger partial charge is 0.337 e. The normalized spacial score (nSPS) is 14.4. The minimum absolute atomic E-state index is 0.149. The van der Waals surface area contributed by atoms with Gasteiger partial charge < -0.3 is 29.2 Å². The van der Waals surface area contributed by atoms with Crippen molar-refractivity contribution in [2.45, 2.75) is 19.0 Å². The van der Waals surface area contributed by atoms with Crippen molar-refractivity contribution in [2.24, 2.45) is 0 Å². The number of nitrogens with one attached hydrogen (secondary N) is 1. The minimum atomic E-state index is -0.384. The lowest BCUT2D eigenvalue weighted by atomic mass is 9.92. The molecular formula is C28H30N2O5S. The minimum Gasteiger partial charge on any atom is -0.493 e. The van der Waals surface area contributed by atoms with Gasteiger partial charge in [-0.15, -0.1) is 0 Å². The lowest BCUT2D eigenvalue weighted by Crippen LogP contribution is -2.47. The third-order valence-corrected chi connectivity index (χ3v) is 6.61. The van der Waals surface area contributed by atoms with Crippen LogP contribution in [0.1, 0.15) is 33.1 Å². The molecule has 0 saturated heterocycles. The Kier molecular flexibility index (Phi) is 8.28. The van der Waals surface area contributed by atoms with Gasteiger partial charge in [0.15, 0.2) is 16.6 Å². The van der Waals surface area contributed by atoms with E-state index in [4.69, 9.17) is 31.2 Å². The number of rotatable bonds is 8. The van der Waals surface area contributed by atoms with E-state index in [1.807, 2.05) is 30.3 Å². The summed E-state index contributed by atoms with van der Waals surface area (Å²) in [5.74, 6) is 1.63. The third-order valence-electron chi connectivity index (χ3n) is 6.23. The standard InChI is InChI=1S/C28H30N2O5S/c1-32-25-15-21-13-14-30(28(36)29-17-19-7-5-4-6-8-19)24(23(21)16-26(25)33-2)18-35-22-11-9-20(10-12-22)27(31)34-3/h4-12,15-16,24H,13-14,17-18H2,1-3H3,(H,29,36)/t24-/m0/s1. The topological polar surface area (TPSA) is 69.3 Å². The van der Waals surface area contributed by atoms with Crippen LogP contribution in [0.25, 0.3) is 0 Å². The van der Waals surface area contributed by atoms with Crippen LogP contribution in [0, 0.1) is 0 Å². The summed E-state index contributed by atoms with van der Waals surface area (Å²) < 4.78 is 22.1. The first kappa shape index (κ1) is 25.3. The third kappa shape index (κ3) is 5.71. The van der Waals surface area contributed by atoms with Crippen LogP contribution in [-0.2, 0) is 17.7 Å². The summed E-state index contributed by atoms with van der Waals surface area (Å²) in [6.45, 7) is 1.73. The SMILES string of the molecule is COC(=O)c1ccc(OC[C@H]2c3cc(OC)c(OC)cc3CCN2C(=S)NCc2ccccc2)cc1. The molecule has 0 radical (unpaired) electrons. The Morgan fingerprint density at radius 1 is 1.00 bits per heavy atom. The summed E-state index contributed by atoms with van der Waals surface area (Å²) in [6.07, 6.45) is 0.813. The van der Waals surface area contributed by atoms with Gasteiger partial charge in [0.2, 0.25) is 0 Å². The number of thiocarbonyl (C=S) groups is 1. The molecule has 1 atom stereocenters. The van der Waals surface area contributed by atoms with Crippen molar-refractivity contribution in [1.82, 2.24) is 10.2 Å². The Hall–Kier alpha value is -3.78. The first-order chi connectivity index (χ1) is 17.5. The Bertz CT molecular complexity index is 1200. The van der Waals surface area contributed by atoms with Crippen molar-refractivity contribution >= 4 is 23.3 Å². The largest absolute Gasteiger partial charge is 0.493 e. The van der Waals surface area contributed by atoms with Gasteiger partial charge >= 0.3 is 5.97 Å². The van der Waals surface area contributed by atoms with Crippen molar-refractivity contribution in [3.8, 4) is 17.2 Å². The molecule has 1 aliphatic heterocycles. The highest BCUT2D eigenvalue weighted by Gasteiger charge is 2.31. The Labute approximate surface area is 216 Å². The van der Waals surface area contributed by atoms with Crippen LogP contribution < -0.4 is 19.5 Å². The molecule has 4 rings (SSSR count). The molecular weight excluding hydrogens is 476 g/mol. The van der Waals surface area contributed by atoms with Crippen LogP contribution in [0.4, 0.5) is 0 Å². The van der Waals surface area contributed by atoms with E-state index in [2.05, 4.69) is 22.3 Å². The monoisotopic (exact) mass is 506 g/mol. The maximum atomic E-state index is 11.7. The summed E-state index contributed by atoms with van der Waals surface area (Å²) in [4.78, 5) is 13.9. The predicted molar refractivity (Wildman–Crippen MR) is 142 cm³/mol. The number of hydrogen-bond acceptors (Lipinski definition) is 6. The molecule has 3 aromatic rings. The molecule has 0 aromatic heterocycles. The summed E-state index contributed by atoms with van der Waals surface area (Å²) in [5, 5.41) is 4.06. The number of ether oxygens (including phenoxy) is 4. The summed E-state index contributed by atoms with van der Waals surface area (Å²) in [5.41, 5.74) is 3.87. The number of nitrogens with zero attached hydrogens (tertiary/aromatic N) is 1. The van der Waals surface area contributed by atoms with Gasteiger partial charge in [0, 0.05) is 13.1 Å². The van der Waals surface area contributed by atoms with Crippen LogP contribution in [0.15, 0.2) is 66.7 Å². The molecule has 3 aromatic carbocycles. The molecule has 0 saturated carbocycles. The van der Waals surface area contributed by atoms with Gasteiger partial charge in [-0.05, 0) is 71.7 Å². The zero-order valence-electron chi connectivity index (χ0n) is 20.7. The van der Waals surface area contributed by atoms with Gasteiger partial charge in [-0.2, -0.15) is 0 Å². The van der Waals surface area contributed by atoms with E-state index in [-0.39, 0.29) is 12.0 Å². The zero-order chi connectivity index (χ0) is 25.5. The van der Waals surface area contributed by atoms with Gasteiger partial charge in [-0.1, -0.05) is 30.3 Å². The van der Waals surface area contributed by atoms with E-state index in [1.165, 1.54) is 12.7 Å². The van der Waals surface area contributed by atoms with Crippen molar-refractivity contribution in [1.29, 1.82) is 0 Å². The zero-order valence-corrected chi connectivity index (χ0v) is 21.5. The van der Waals surface area contributed by atoms with Crippen molar-refractivity contribution in [3.63, 3.8) is 0 Å². The van der Waals surface area contributed by atoms with Crippen molar-refractivity contribution in [2.75, 3.05) is 34.5 Å². The number of carbonyl (C=O) groups is 1. The first-order valence-corrected chi connectivity index (χ1v) is 12.1. The second kappa shape index (κ2) is 11.8. The molecule has 0 bridgehead atoms. The van der Waals surface area contributed by atoms with Crippen LogP contribution in [-0.4, -0.2) is 50.5 Å². The molecule has 188 valence electrons. The number of fused-ring (bicyclic) bond motifs is 1. The van der Waals surface area contributed by atoms with Crippen LogP contribution in [0.5, 0.6) is 17.2 Å². The second-order valence-electron chi connectivity index (χ2n) is 8.34. The molecule has 0 unspecified atom stereocenters. The number of esters is 1. The van der Waals surface area contributed by atoms with Crippen molar-refractivity contribution in [3.05, 3.63) is 89.0 Å². The van der Waals surface area contributed by atoms with Gasteiger partial charge in [-0.25, -0.2) is 4.79 Å². The number of methoxy groups -OCH3 is 3. The quantitative estimate of drug-likeness (QED) is 0.353. The first-order valence-electron chi connectivity index (χ1n) is 11.7. The highest BCUT2D eigenvalue weighted by atomic mass is 32.1. The fraction of sp³-hybridized carbons (Fsp3) is 0.286. The Balaban J connectivity index is 1.57. The van der Waals surface area contributed by atoms with E-state index in [9.17, 15) is 4.79 Å². The fourth-order valence-corrected chi connectivity index (χ4v) is 4.60. The second-order valence-corrected chi connectivity index (χ2v) is 8.72. The van der Waals surface area contributed by atoms with Crippen molar-refractivity contribution < 1.29 is 23.7 Å². The van der Waals surface area contributed by atoms with Gasteiger partial charge in [0.1, 0.15) is 12.4 Å². The van der Waals surface area contributed by atoms with E-state index in [1.54, 1.807) is 38.5 Å². The molecule has 36 heavy (non-hydrogen) atoms. The molecule has 0 spiro atoms. The average molecular weight is 507 g/mol. The summed E-state index contributed by atoms with van der Waals surface area (Å²) >= 11 is 5.83. The molecule has 1 aliphatic rings. The lowest BCUT2D eigenvalue weighted by molar-refractivity contribution is 0.0600. The van der Waals surface area contributed by atoms with E-state index >= 15 is 0 Å². The Morgan fingerprint density at radius 2 is 1.69 bits per heavy atom. The van der Waals surface area contributed by atoms with Gasteiger partial charge in [0.05, 0.1) is 32.9 Å². The molecule has 1 N–H and O–H groups in total. The maximum Gasteiger partial charge on any atom is 0.337 e. The van der Waals surface area contributed by atoms with Gasteiger partial charge in [-0.3, -0.25) is 0 Å². The van der Waals surface area contributed by atoms with E-state index in [0.29, 0.717) is 41.1 Å². The molecule has 8 heteroatoms. The number of benzene rings is 3. The number of hydrogen-bond donors (Lipinski definition) is 1. The molecule has 0 aliphatic carbocycles. The summed E-state index contributed by atoms with van der Waals surface area (Å²) in [7, 11) is 4.63. The van der Waals surface area contributed by atoms with E-state index < -0.39 is 0 Å². The lowest BCUT2D eigenvalue weighted by Gasteiger charge is -2.39. The molecule has 0 amide bonds. The highest BCUT2D eigenvalue weighted by molar-refractivity contribution is 7.80. The summed E-state index contributed by atoms with van der Waals surface area (Å²) in [6, 6.07) is 21.0. The average Bonchev–Trinajstić information content (AvgIpc) is 2.94. The maximum absolute atomic E-state index is 11.7. The molecule has 7 nitrogen and oxygen atoms in total. The number of carbonyl (C=O) groups excluding carboxylic acids is 1. The fourth-order valence-electron chi connectivity index (χ4n) is 4.31.